The van der Waals surface area contributed by atoms with E-state index < -0.39 is 6.04 Å². The molecule has 2 heterocycles. The second kappa shape index (κ2) is 10.3. The lowest BCUT2D eigenvalue weighted by Gasteiger charge is -2.30. The molecule has 1 atom stereocenters. The predicted molar refractivity (Wildman–Crippen MR) is 149 cm³/mol. The topological polar surface area (TPSA) is 97.3 Å². The number of anilines is 3. The van der Waals surface area contributed by atoms with Gasteiger partial charge in [-0.3, -0.25) is 9.59 Å². The molecule has 192 valence electrons. The highest BCUT2D eigenvalue weighted by Gasteiger charge is 2.35. The van der Waals surface area contributed by atoms with Crippen LogP contribution in [0, 0.1) is 13.8 Å². The highest BCUT2D eigenvalue weighted by atomic mass is 16.5. The zero-order chi connectivity index (χ0) is 26.8. The van der Waals surface area contributed by atoms with Gasteiger partial charge in [0.15, 0.2) is 0 Å². The summed E-state index contributed by atoms with van der Waals surface area (Å²) in [4.78, 5) is 26.9. The van der Waals surface area contributed by atoms with Gasteiger partial charge in [0.1, 0.15) is 23.2 Å². The molecule has 38 heavy (non-hydrogen) atoms. The van der Waals surface area contributed by atoms with Crippen LogP contribution < -0.4 is 20.7 Å². The van der Waals surface area contributed by atoms with Crippen LogP contribution in [0.1, 0.15) is 40.0 Å². The van der Waals surface area contributed by atoms with E-state index in [9.17, 15) is 9.59 Å². The normalized spacial score (nSPS) is 14.4. The van der Waals surface area contributed by atoms with Crippen molar-refractivity contribution in [2.45, 2.75) is 26.8 Å². The lowest BCUT2D eigenvalue weighted by Crippen LogP contribution is -2.32. The third kappa shape index (κ3) is 4.88. The second-order valence-electron chi connectivity index (χ2n) is 9.34. The summed E-state index contributed by atoms with van der Waals surface area (Å²) in [7, 11) is 1.60. The Balaban J connectivity index is 1.52. The summed E-state index contributed by atoms with van der Waals surface area (Å²) in [5, 5.41) is 13.8. The molecule has 8 nitrogen and oxygen atoms in total. The summed E-state index contributed by atoms with van der Waals surface area (Å²) in [5.41, 5.74) is 5.87. The fourth-order valence-electron chi connectivity index (χ4n) is 4.66. The number of hydrogen-bond donors (Lipinski definition) is 3. The van der Waals surface area contributed by atoms with Gasteiger partial charge in [0, 0.05) is 17.1 Å². The van der Waals surface area contributed by atoms with Crippen molar-refractivity contribution in [3.05, 3.63) is 113 Å². The van der Waals surface area contributed by atoms with E-state index >= 15 is 0 Å². The first-order valence-corrected chi connectivity index (χ1v) is 12.3. The zero-order valence-corrected chi connectivity index (χ0v) is 21.7. The Hall–Kier alpha value is -4.85. The number of aryl methyl sites for hydroxylation is 2. The highest BCUT2D eigenvalue weighted by Crippen LogP contribution is 2.38. The third-order valence-corrected chi connectivity index (χ3v) is 6.49. The molecule has 3 aromatic carbocycles. The van der Waals surface area contributed by atoms with E-state index in [-0.39, 0.29) is 11.8 Å². The van der Waals surface area contributed by atoms with Crippen LogP contribution in [0.4, 0.5) is 17.2 Å². The molecule has 0 radical (unpaired) electrons. The number of nitrogens with one attached hydrogen (secondary N) is 3. The fourth-order valence-corrected chi connectivity index (χ4v) is 4.66. The number of ether oxygens (including phenoxy) is 1. The van der Waals surface area contributed by atoms with Crippen molar-refractivity contribution in [2.75, 3.05) is 23.1 Å². The number of allylic oxidation sites excluding steroid dienone is 1. The van der Waals surface area contributed by atoms with Crippen LogP contribution in [0.3, 0.4) is 0 Å². The number of carbonyl (C=O) groups is 2. The summed E-state index contributed by atoms with van der Waals surface area (Å²) in [5.74, 6) is 0.679. The van der Waals surface area contributed by atoms with Gasteiger partial charge in [0.2, 0.25) is 0 Å². The van der Waals surface area contributed by atoms with Crippen LogP contribution >= 0.6 is 0 Å². The lowest BCUT2D eigenvalue weighted by molar-refractivity contribution is -0.113. The standard InChI is InChI=1S/C30H29N5O3/c1-18-7-5-9-21(15-18)27-26(30(37)33-22-11-13-24(38-4)14-12-22)20(3)32-28-25(17-31-35(27)28)29(36)34-23-10-6-8-19(2)16-23/h5-17,27,32H,1-4H3,(H,33,37)(H,34,36)/t27-/m0/s1. The van der Waals surface area contributed by atoms with E-state index in [0.717, 1.165) is 16.7 Å². The van der Waals surface area contributed by atoms with E-state index in [1.165, 1.54) is 6.20 Å². The van der Waals surface area contributed by atoms with Gasteiger partial charge in [0.05, 0.1) is 18.9 Å². The van der Waals surface area contributed by atoms with Crippen LogP contribution in [0.5, 0.6) is 5.75 Å². The zero-order valence-electron chi connectivity index (χ0n) is 21.7. The maximum absolute atomic E-state index is 13.7. The molecular formula is C30H29N5O3. The molecule has 0 spiro atoms. The molecule has 0 aliphatic carbocycles. The van der Waals surface area contributed by atoms with Crippen molar-refractivity contribution in [1.82, 2.24) is 9.78 Å². The molecule has 1 aliphatic heterocycles. The molecule has 0 saturated carbocycles. The van der Waals surface area contributed by atoms with Gasteiger partial charge < -0.3 is 20.7 Å². The number of fused-ring (bicyclic) bond motifs is 1. The number of methoxy groups -OCH3 is 1. The van der Waals surface area contributed by atoms with Gasteiger partial charge in [-0.05, 0) is 68.3 Å². The molecule has 8 heteroatoms. The number of carbonyl (C=O) groups excluding carboxylic acids is 2. The molecular weight excluding hydrogens is 478 g/mol. The molecule has 0 bridgehead atoms. The highest BCUT2D eigenvalue weighted by molar-refractivity contribution is 6.09. The Morgan fingerprint density at radius 3 is 2.24 bits per heavy atom. The van der Waals surface area contributed by atoms with E-state index in [4.69, 9.17) is 4.74 Å². The minimum atomic E-state index is -0.537. The Kier molecular flexibility index (Phi) is 6.70. The van der Waals surface area contributed by atoms with Gasteiger partial charge in [-0.25, -0.2) is 4.68 Å². The van der Waals surface area contributed by atoms with Gasteiger partial charge in [-0.1, -0.05) is 42.0 Å². The first kappa shape index (κ1) is 24.8. The van der Waals surface area contributed by atoms with E-state index in [1.807, 2.05) is 69.3 Å². The Morgan fingerprint density at radius 2 is 1.55 bits per heavy atom. The smallest absolute Gasteiger partial charge is 0.261 e. The summed E-state index contributed by atoms with van der Waals surface area (Å²) in [6, 6.07) is 22.2. The van der Waals surface area contributed by atoms with E-state index in [0.29, 0.717) is 39.8 Å². The monoisotopic (exact) mass is 507 g/mol. The van der Waals surface area contributed by atoms with Crippen LogP contribution in [0.15, 0.2) is 90.3 Å². The third-order valence-electron chi connectivity index (χ3n) is 6.49. The van der Waals surface area contributed by atoms with Crippen molar-refractivity contribution >= 4 is 29.0 Å². The maximum atomic E-state index is 13.7. The molecule has 3 N–H and O–H groups in total. The SMILES string of the molecule is COc1ccc(NC(=O)C2=C(C)Nc3c(C(=O)Nc4cccc(C)c4)cnn3[C@H]2c2cccc(C)c2)cc1. The predicted octanol–water partition coefficient (Wildman–Crippen LogP) is 5.69. The summed E-state index contributed by atoms with van der Waals surface area (Å²) >= 11 is 0. The average Bonchev–Trinajstić information content (AvgIpc) is 3.31. The minimum absolute atomic E-state index is 0.265. The molecule has 0 unspecified atom stereocenters. The number of hydrogen-bond acceptors (Lipinski definition) is 5. The van der Waals surface area contributed by atoms with Crippen molar-refractivity contribution in [2.24, 2.45) is 0 Å². The van der Waals surface area contributed by atoms with Gasteiger partial charge in [0.25, 0.3) is 11.8 Å². The largest absolute Gasteiger partial charge is 0.497 e. The summed E-state index contributed by atoms with van der Waals surface area (Å²) in [6.45, 7) is 5.81. The number of aromatic nitrogens is 2. The van der Waals surface area contributed by atoms with E-state index in [2.05, 4.69) is 21.0 Å². The molecule has 1 aromatic heterocycles. The summed E-state index contributed by atoms with van der Waals surface area (Å²) in [6.07, 6.45) is 1.54. The molecule has 1 aliphatic rings. The van der Waals surface area contributed by atoms with Crippen LogP contribution in [-0.2, 0) is 4.79 Å². The maximum Gasteiger partial charge on any atom is 0.261 e. The van der Waals surface area contributed by atoms with Gasteiger partial charge in [-0.2, -0.15) is 5.10 Å². The quantitative estimate of drug-likeness (QED) is 0.312. The molecule has 0 fully saturated rings. The van der Waals surface area contributed by atoms with Gasteiger partial charge >= 0.3 is 0 Å². The Morgan fingerprint density at radius 1 is 0.868 bits per heavy atom. The molecule has 0 saturated heterocycles. The molecule has 4 aromatic rings. The van der Waals surface area contributed by atoms with Crippen LogP contribution in [0.2, 0.25) is 0 Å². The van der Waals surface area contributed by atoms with E-state index in [1.54, 1.807) is 36.1 Å². The average molecular weight is 508 g/mol. The first-order chi connectivity index (χ1) is 18.3. The van der Waals surface area contributed by atoms with Crippen molar-refractivity contribution in [1.29, 1.82) is 0 Å². The van der Waals surface area contributed by atoms with Crippen LogP contribution in [-0.4, -0.2) is 28.7 Å². The number of nitrogens with zero attached hydrogens (tertiary/aromatic N) is 2. The first-order valence-electron chi connectivity index (χ1n) is 12.3. The van der Waals surface area contributed by atoms with Crippen LogP contribution in [0.25, 0.3) is 0 Å². The van der Waals surface area contributed by atoms with Crippen molar-refractivity contribution in [3.8, 4) is 5.75 Å². The van der Waals surface area contributed by atoms with Gasteiger partial charge in [-0.15, -0.1) is 0 Å². The Labute approximate surface area is 221 Å². The number of rotatable bonds is 6. The molecule has 5 rings (SSSR count). The number of benzene rings is 3. The number of amides is 2. The van der Waals surface area contributed by atoms with Crippen molar-refractivity contribution < 1.29 is 14.3 Å². The lowest BCUT2D eigenvalue weighted by atomic mass is 9.93. The fraction of sp³-hybridized carbons (Fsp3) is 0.167. The van der Waals surface area contributed by atoms with Crippen molar-refractivity contribution in [3.63, 3.8) is 0 Å². The second-order valence-corrected chi connectivity index (χ2v) is 9.34. The molecule has 2 amide bonds. The summed E-state index contributed by atoms with van der Waals surface area (Å²) < 4.78 is 6.93. The minimum Gasteiger partial charge on any atom is -0.497 e. The Bertz CT molecular complexity index is 1550.